The van der Waals surface area contributed by atoms with Gasteiger partial charge in [-0.05, 0) is 44.9 Å². The van der Waals surface area contributed by atoms with E-state index in [1.165, 1.54) is 17.7 Å². The van der Waals surface area contributed by atoms with Crippen LogP contribution < -0.4 is 5.32 Å². The molecule has 0 atom stereocenters. The second kappa shape index (κ2) is 7.05. The number of thioether (sulfide) groups is 1. The molecule has 1 saturated heterocycles. The molecule has 1 aliphatic carbocycles. The fraction of sp³-hybridized carbons (Fsp3) is 0.611. The summed E-state index contributed by atoms with van der Waals surface area (Å²) in [5.41, 5.74) is 0. The minimum atomic E-state index is -0.214. The summed E-state index contributed by atoms with van der Waals surface area (Å²) < 4.78 is -0.214. The van der Waals surface area contributed by atoms with Crippen LogP contribution in [-0.2, 0) is 4.79 Å². The SMILES string of the molecule is CNC1CCN(C(=O)C2(Sc3ccccc3)CCCC2)CC1. The van der Waals surface area contributed by atoms with Crippen LogP contribution in [0.5, 0.6) is 0 Å². The molecule has 0 bridgehead atoms. The van der Waals surface area contributed by atoms with E-state index in [1.807, 2.05) is 13.1 Å². The van der Waals surface area contributed by atoms with Crippen LogP contribution in [0.15, 0.2) is 35.2 Å². The molecule has 2 fully saturated rings. The molecule has 120 valence electrons. The third kappa shape index (κ3) is 3.33. The monoisotopic (exact) mass is 318 g/mol. The van der Waals surface area contributed by atoms with Crippen molar-refractivity contribution >= 4 is 17.7 Å². The molecule has 0 aromatic heterocycles. The van der Waals surface area contributed by atoms with E-state index < -0.39 is 0 Å². The van der Waals surface area contributed by atoms with E-state index >= 15 is 0 Å². The minimum absolute atomic E-state index is 0.214. The van der Waals surface area contributed by atoms with E-state index in [9.17, 15) is 4.79 Å². The van der Waals surface area contributed by atoms with Crippen LogP contribution in [-0.4, -0.2) is 41.7 Å². The molecule has 22 heavy (non-hydrogen) atoms. The number of carbonyl (C=O) groups is 1. The Morgan fingerprint density at radius 2 is 1.82 bits per heavy atom. The molecule has 0 radical (unpaired) electrons. The summed E-state index contributed by atoms with van der Waals surface area (Å²) in [7, 11) is 2.02. The first kappa shape index (κ1) is 15.9. The number of piperidine rings is 1. The lowest BCUT2D eigenvalue weighted by Gasteiger charge is -2.38. The molecule has 0 spiro atoms. The number of amides is 1. The van der Waals surface area contributed by atoms with Gasteiger partial charge in [-0.15, -0.1) is 11.8 Å². The molecule has 1 heterocycles. The average Bonchev–Trinajstić information content (AvgIpc) is 3.05. The first-order valence-corrected chi connectivity index (χ1v) is 9.26. The van der Waals surface area contributed by atoms with Crippen molar-refractivity contribution in [1.29, 1.82) is 0 Å². The zero-order chi connectivity index (χ0) is 15.4. The molecule has 0 unspecified atom stereocenters. The standard InChI is InChI=1S/C18H26N2OS/c1-19-15-9-13-20(14-10-15)17(21)18(11-5-6-12-18)22-16-7-3-2-4-8-16/h2-4,7-8,15,19H,5-6,9-14H2,1H3. The second-order valence-electron chi connectivity index (χ2n) is 6.47. The molecule has 1 aliphatic heterocycles. The van der Waals surface area contributed by atoms with Crippen molar-refractivity contribution in [3.63, 3.8) is 0 Å². The largest absolute Gasteiger partial charge is 0.341 e. The smallest absolute Gasteiger partial charge is 0.239 e. The molecule has 1 amide bonds. The zero-order valence-corrected chi connectivity index (χ0v) is 14.2. The van der Waals surface area contributed by atoms with Crippen LogP contribution in [0, 0.1) is 0 Å². The molecule has 1 N–H and O–H groups in total. The minimum Gasteiger partial charge on any atom is -0.341 e. The van der Waals surface area contributed by atoms with Crippen molar-refractivity contribution in [3.05, 3.63) is 30.3 Å². The number of hydrogen-bond acceptors (Lipinski definition) is 3. The highest BCUT2D eigenvalue weighted by atomic mass is 32.2. The molecule has 4 heteroatoms. The van der Waals surface area contributed by atoms with Crippen LogP contribution >= 0.6 is 11.8 Å². The van der Waals surface area contributed by atoms with Crippen LogP contribution in [0.3, 0.4) is 0 Å². The highest BCUT2D eigenvalue weighted by Gasteiger charge is 2.44. The van der Waals surface area contributed by atoms with Crippen LogP contribution in [0.25, 0.3) is 0 Å². The van der Waals surface area contributed by atoms with E-state index in [2.05, 4.69) is 34.5 Å². The van der Waals surface area contributed by atoms with Gasteiger partial charge in [0, 0.05) is 24.0 Å². The Kier molecular flexibility index (Phi) is 5.09. The number of hydrogen-bond donors (Lipinski definition) is 1. The Hall–Kier alpha value is -1.00. The van der Waals surface area contributed by atoms with E-state index in [-0.39, 0.29) is 4.75 Å². The van der Waals surface area contributed by atoms with Crippen molar-refractivity contribution in [2.75, 3.05) is 20.1 Å². The topological polar surface area (TPSA) is 32.3 Å². The van der Waals surface area contributed by atoms with Crippen molar-refractivity contribution in [3.8, 4) is 0 Å². The van der Waals surface area contributed by atoms with Gasteiger partial charge in [0.25, 0.3) is 0 Å². The summed E-state index contributed by atoms with van der Waals surface area (Å²) in [5.74, 6) is 0.383. The molecule has 1 saturated carbocycles. The van der Waals surface area contributed by atoms with E-state index in [0.29, 0.717) is 11.9 Å². The Morgan fingerprint density at radius 1 is 1.18 bits per heavy atom. The van der Waals surface area contributed by atoms with Crippen LogP contribution in [0.4, 0.5) is 0 Å². The number of nitrogens with one attached hydrogen (secondary N) is 1. The lowest BCUT2D eigenvalue weighted by molar-refractivity contribution is -0.134. The lowest BCUT2D eigenvalue weighted by atomic mass is 10.0. The maximum absolute atomic E-state index is 13.2. The Bertz CT molecular complexity index is 491. The number of rotatable bonds is 4. The van der Waals surface area contributed by atoms with Gasteiger partial charge in [-0.3, -0.25) is 4.79 Å². The van der Waals surface area contributed by atoms with Gasteiger partial charge in [-0.1, -0.05) is 31.0 Å². The molecule has 2 aliphatic rings. The van der Waals surface area contributed by atoms with E-state index in [0.717, 1.165) is 38.8 Å². The highest BCUT2D eigenvalue weighted by molar-refractivity contribution is 8.01. The average molecular weight is 318 g/mol. The fourth-order valence-electron chi connectivity index (χ4n) is 3.68. The lowest BCUT2D eigenvalue weighted by Crippen LogP contribution is -2.50. The third-order valence-corrected chi connectivity index (χ3v) is 6.53. The quantitative estimate of drug-likeness (QED) is 0.924. The Labute approximate surface area is 137 Å². The first-order chi connectivity index (χ1) is 10.7. The number of benzene rings is 1. The number of likely N-dealkylation sites (tertiary alicyclic amines) is 1. The van der Waals surface area contributed by atoms with Crippen molar-refractivity contribution in [2.45, 2.75) is 54.2 Å². The second-order valence-corrected chi connectivity index (χ2v) is 7.93. The molecular weight excluding hydrogens is 292 g/mol. The Morgan fingerprint density at radius 3 is 2.41 bits per heavy atom. The van der Waals surface area contributed by atoms with Crippen molar-refractivity contribution in [2.24, 2.45) is 0 Å². The number of carbonyl (C=O) groups excluding carboxylic acids is 1. The van der Waals surface area contributed by atoms with Crippen LogP contribution in [0.1, 0.15) is 38.5 Å². The van der Waals surface area contributed by atoms with Gasteiger partial charge in [0.15, 0.2) is 0 Å². The van der Waals surface area contributed by atoms with Gasteiger partial charge >= 0.3 is 0 Å². The van der Waals surface area contributed by atoms with Crippen LogP contribution in [0.2, 0.25) is 0 Å². The number of nitrogens with zero attached hydrogens (tertiary/aromatic N) is 1. The van der Waals surface area contributed by atoms with Gasteiger partial charge in [0.1, 0.15) is 0 Å². The fourth-order valence-corrected chi connectivity index (χ4v) is 5.13. The molecule has 1 aromatic carbocycles. The maximum atomic E-state index is 13.2. The van der Waals surface area contributed by atoms with Gasteiger partial charge < -0.3 is 10.2 Å². The summed E-state index contributed by atoms with van der Waals surface area (Å²) in [5, 5.41) is 3.34. The summed E-state index contributed by atoms with van der Waals surface area (Å²) >= 11 is 1.80. The first-order valence-electron chi connectivity index (χ1n) is 8.44. The molecule has 1 aromatic rings. The highest BCUT2D eigenvalue weighted by Crippen LogP contribution is 2.46. The summed E-state index contributed by atoms with van der Waals surface area (Å²) in [6.07, 6.45) is 6.56. The van der Waals surface area contributed by atoms with E-state index in [1.54, 1.807) is 11.8 Å². The predicted molar refractivity (Wildman–Crippen MR) is 92.2 cm³/mol. The summed E-state index contributed by atoms with van der Waals surface area (Å²) in [4.78, 5) is 16.6. The molecular formula is C18H26N2OS. The summed E-state index contributed by atoms with van der Waals surface area (Å²) in [6.45, 7) is 1.81. The van der Waals surface area contributed by atoms with Gasteiger partial charge in [-0.25, -0.2) is 0 Å². The predicted octanol–water partition coefficient (Wildman–Crippen LogP) is 3.30. The Balaban J connectivity index is 1.72. The van der Waals surface area contributed by atoms with Gasteiger partial charge in [0.05, 0.1) is 4.75 Å². The van der Waals surface area contributed by atoms with Gasteiger partial charge in [-0.2, -0.15) is 0 Å². The maximum Gasteiger partial charge on any atom is 0.239 e. The normalized spacial score (nSPS) is 22.0. The zero-order valence-electron chi connectivity index (χ0n) is 13.4. The summed E-state index contributed by atoms with van der Waals surface area (Å²) in [6, 6.07) is 11.0. The van der Waals surface area contributed by atoms with Crippen molar-refractivity contribution < 1.29 is 4.79 Å². The third-order valence-electron chi connectivity index (χ3n) is 5.05. The molecule has 3 rings (SSSR count). The molecule has 3 nitrogen and oxygen atoms in total. The van der Waals surface area contributed by atoms with Crippen molar-refractivity contribution in [1.82, 2.24) is 10.2 Å². The van der Waals surface area contributed by atoms with Gasteiger partial charge in [0.2, 0.25) is 5.91 Å². The van der Waals surface area contributed by atoms with E-state index in [4.69, 9.17) is 0 Å².